The molecule has 2 N–H and O–H groups in total. The van der Waals surface area contributed by atoms with Crippen molar-refractivity contribution < 1.29 is 57.5 Å². The van der Waals surface area contributed by atoms with Gasteiger partial charge in [-0.15, -0.1) is 0 Å². The monoisotopic (exact) mass is 567 g/mol. The quantitative estimate of drug-likeness (QED) is 0.202. The lowest BCUT2D eigenvalue weighted by Gasteiger charge is -2.48. The third kappa shape index (κ3) is 10.8. The van der Waals surface area contributed by atoms with Gasteiger partial charge in [0.25, 0.3) is 0 Å². The zero-order valence-corrected chi connectivity index (χ0v) is 23.1. The first-order valence-electron chi connectivity index (χ1n) is 12.9. The van der Waals surface area contributed by atoms with Gasteiger partial charge in [-0.1, -0.05) is 36.8 Å². The van der Waals surface area contributed by atoms with E-state index in [0.29, 0.717) is 25.8 Å². The first kappa shape index (κ1) is 32.5. The number of nitrogens with one attached hydrogen (secondary N) is 1. The number of alkyl carbamates (subject to hydrolysis) is 1. The zero-order chi connectivity index (χ0) is 29.7. The maximum atomic E-state index is 11.9. The van der Waals surface area contributed by atoms with Crippen LogP contribution >= 0.6 is 0 Å². The number of unbranched alkanes of at least 4 members (excludes halogenated alkanes) is 2. The van der Waals surface area contributed by atoms with Crippen molar-refractivity contribution in [1.82, 2.24) is 5.32 Å². The molecule has 1 aliphatic rings. The minimum absolute atomic E-state index is 0.0927. The van der Waals surface area contributed by atoms with Gasteiger partial charge < -0.3 is 38.8 Å². The molecule has 0 aliphatic carbocycles. The second-order valence-corrected chi connectivity index (χ2v) is 9.28. The number of aliphatic hydroxyl groups is 1. The molecule has 13 nitrogen and oxygen atoms in total. The number of carbonyl (C=O) groups is 5. The predicted octanol–water partition coefficient (Wildman–Crippen LogP) is 1.92. The number of ether oxygens (including phenoxy) is 6. The van der Waals surface area contributed by atoms with Crippen LogP contribution in [0, 0.1) is 0 Å². The van der Waals surface area contributed by atoms with Crippen LogP contribution < -0.4 is 5.32 Å². The van der Waals surface area contributed by atoms with Crippen molar-refractivity contribution in [2.75, 3.05) is 13.2 Å². The zero-order valence-electron chi connectivity index (χ0n) is 23.1. The van der Waals surface area contributed by atoms with Crippen LogP contribution in [-0.2, 0) is 54.2 Å². The SMILES string of the molecule is CC(=O)OC[C@H]1O[C@@](O)(CCCCCNC(=O)OCc2ccccc2)[C@@H](OC(C)=O)[C@@H](OC(C)=O)[C@@H]1OC(C)=O. The average Bonchev–Trinajstić information content (AvgIpc) is 2.87. The lowest BCUT2D eigenvalue weighted by molar-refractivity contribution is -0.354. The highest BCUT2D eigenvalue weighted by molar-refractivity contribution is 5.69. The number of rotatable bonds is 13. The number of hydrogen-bond donors (Lipinski definition) is 2. The second-order valence-electron chi connectivity index (χ2n) is 9.28. The third-order valence-electron chi connectivity index (χ3n) is 5.83. The van der Waals surface area contributed by atoms with Crippen molar-refractivity contribution >= 4 is 30.0 Å². The topological polar surface area (TPSA) is 173 Å². The minimum Gasteiger partial charge on any atom is -0.463 e. The smallest absolute Gasteiger partial charge is 0.407 e. The number of esters is 4. The molecule has 1 aromatic carbocycles. The fourth-order valence-corrected chi connectivity index (χ4v) is 4.20. The molecule has 0 saturated carbocycles. The first-order chi connectivity index (χ1) is 18.9. The minimum atomic E-state index is -2.19. The van der Waals surface area contributed by atoms with E-state index in [-0.39, 0.29) is 13.0 Å². The third-order valence-corrected chi connectivity index (χ3v) is 5.83. The predicted molar refractivity (Wildman–Crippen MR) is 136 cm³/mol. The van der Waals surface area contributed by atoms with E-state index in [9.17, 15) is 29.1 Å². The van der Waals surface area contributed by atoms with Crippen molar-refractivity contribution in [3.63, 3.8) is 0 Å². The molecule has 1 aromatic rings. The fourth-order valence-electron chi connectivity index (χ4n) is 4.20. The summed E-state index contributed by atoms with van der Waals surface area (Å²) in [6.45, 7) is 4.48. The lowest BCUT2D eigenvalue weighted by atomic mass is 9.88. The van der Waals surface area contributed by atoms with Gasteiger partial charge in [-0.05, 0) is 18.4 Å². The Morgan fingerprint density at radius 2 is 1.45 bits per heavy atom. The van der Waals surface area contributed by atoms with Gasteiger partial charge in [0.05, 0.1) is 0 Å². The molecule has 0 bridgehead atoms. The summed E-state index contributed by atoms with van der Waals surface area (Å²) in [7, 11) is 0. The molecule has 5 atom stereocenters. The van der Waals surface area contributed by atoms with E-state index in [1.165, 1.54) is 0 Å². The van der Waals surface area contributed by atoms with Crippen LogP contribution in [0.5, 0.6) is 0 Å². The highest BCUT2D eigenvalue weighted by Crippen LogP contribution is 2.37. The maximum absolute atomic E-state index is 11.9. The Kier molecular flexibility index (Phi) is 12.8. The van der Waals surface area contributed by atoms with Crippen molar-refractivity contribution in [3.05, 3.63) is 35.9 Å². The summed E-state index contributed by atoms with van der Waals surface area (Å²) < 4.78 is 32.0. The van der Waals surface area contributed by atoms with Crippen LogP contribution in [-0.4, -0.2) is 78.4 Å². The van der Waals surface area contributed by atoms with Crippen LogP contribution in [0.3, 0.4) is 0 Å². The highest BCUT2D eigenvalue weighted by atomic mass is 16.7. The summed E-state index contributed by atoms with van der Waals surface area (Å²) in [6, 6.07) is 9.23. The van der Waals surface area contributed by atoms with E-state index in [0.717, 1.165) is 33.3 Å². The molecule has 2 rings (SSSR count). The second kappa shape index (κ2) is 15.8. The Morgan fingerprint density at radius 3 is 2.05 bits per heavy atom. The summed E-state index contributed by atoms with van der Waals surface area (Å²) in [6.07, 6.45) is -4.89. The largest absolute Gasteiger partial charge is 0.463 e. The van der Waals surface area contributed by atoms with Gasteiger partial charge in [-0.25, -0.2) is 4.79 Å². The first-order valence-corrected chi connectivity index (χ1v) is 12.9. The molecule has 1 saturated heterocycles. The molecular formula is C27H37NO12. The number of hydrogen-bond acceptors (Lipinski definition) is 12. The molecule has 1 amide bonds. The summed E-state index contributed by atoms with van der Waals surface area (Å²) in [5.41, 5.74) is 0.857. The molecule has 13 heteroatoms. The Hall–Kier alpha value is -3.71. The molecular weight excluding hydrogens is 530 g/mol. The highest BCUT2D eigenvalue weighted by Gasteiger charge is 2.59. The molecule has 0 radical (unpaired) electrons. The van der Waals surface area contributed by atoms with Crippen LogP contribution in [0.15, 0.2) is 30.3 Å². The Bertz CT molecular complexity index is 1020. The van der Waals surface area contributed by atoms with E-state index >= 15 is 0 Å². The van der Waals surface area contributed by atoms with Gasteiger partial charge in [0, 0.05) is 40.7 Å². The molecule has 0 aromatic heterocycles. The average molecular weight is 568 g/mol. The lowest BCUT2D eigenvalue weighted by Crippen LogP contribution is -2.68. The van der Waals surface area contributed by atoms with Gasteiger partial charge in [0.1, 0.15) is 19.3 Å². The van der Waals surface area contributed by atoms with Crippen LogP contribution in [0.4, 0.5) is 4.79 Å². The van der Waals surface area contributed by atoms with E-state index < -0.39 is 66.8 Å². The summed E-state index contributed by atoms with van der Waals surface area (Å²) in [4.78, 5) is 59.0. The molecule has 1 aliphatic heterocycles. The number of carbonyl (C=O) groups excluding carboxylic acids is 5. The molecule has 40 heavy (non-hydrogen) atoms. The van der Waals surface area contributed by atoms with Gasteiger partial charge in [0.15, 0.2) is 18.3 Å². The Balaban J connectivity index is 2.03. The van der Waals surface area contributed by atoms with Crippen molar-refractivity contribution in [1.29, 1.82) is 0 Å². The summed E-state index contributed by atoms with van der Waals surface area (Å²) >= 11 is 0. The summed E-state index contributed by atoms with van der Waals surface area (Å²) in [5.74, 6) is -5.20. The van der Waals surface area contributed by atoms with Crippen LogP contribution in [0.1, 0.15) is 58.9 Å². The molecule has 0 spiro atoms. The van der Waals surface area contributed by atoms with E-state index in [4.69, 9.17) is 28.4 Å². The summed E-state index contributed by atoms with van der Waals surface area (Å²) in [5, 5.41) is 14.2. The number of amides is 1. The van der Waals surface area contributed by atoms with Crippen LogP contribution in [0.25, 0.3) is 0 Å². The Labute approximate surface area is 232 Å². The van der Waals surface area contributed by atoms with E-state index in [2.05, 4.69) is 5.32 Å². The molecule has 1 fully saturated rings. The maximum Gasteiger partial charge on any atom is 0.407 e. The van der Waals surface area contributed by atoms with Gasteiger partial charge in [0.2, 0.25) is 5.79 Å². The number of benzene rings is 1. The molecule has 0 unspecified atom stereocenters. The molecule has 222 valence electrons. The molecule has 1 heterocycles. The van der Waals surface area contributed by atoms with Crippen molar-refractivity contribution in [2.45, 2.75) is 90.2 Å². The van der Waals surface area contributed by atoms with Crippen molar-refractivity contribution in [2.24, 2.45) is 0 Å². The van der Waals surface area contributed by atoms with Gasteiger partial charge in [-0.2, -0.15) is 0 Å². The Morgan fingerprint density at radius 1 is 0.825 bits per heavy atom. The normalized spacial score (nSPS) is 23.8. The standard InChI is InChI=1S/C27H37NO12/c1-17(29)35-16-22-23(37-18(2)30)24(38-19(3)31)25(39-20(4)32)27(34,40-22)13-9-6-10-14-28-26(33)36-15-21-11-7-5-8-12-21/h5,7-8,11-12,22-25,34H,6,9-10,13-16H2,1-4H3,(H,28,33)/t22-,23-,24+,25+,27+/m1/s1. The fraction of sp³-hybridized carbons (Fsp3) is 0.593. The van der Waals surface area contributed by atoms with Crippen LogP contribution in [0.2, 0.25) is 0 Å². The van der Waals surface area contributed by atoms with Crippen molar-refractivity contribution in [3.8, 4) is 0 Å². The van der Waals surface area contributed by atoms with E-state index in [1.807, 2.05) is 30.3 Å². The van der Waals surface area contributed by atoms with E-state index in [1.54, 1.807) is 0 Å². The van der Waals surface area contributed by atoms with Gasteiger partial charge >= 0.3 is 30.0 Å². The van der Waals surface area contributed by atoms with Gasteiger partial charge in [-0.3, -0.25) is 19.2 Å².